The molecule has 2 rings (SSSR count). The highest BCUT2D eigenvalue weighted by Gasteiger charge is 2.20. The van der Waals surface area contributed by atoms with Crippen molar-refractivity contribution < 1.29 is 0 Å². The molecule has 0 bridgehead atoms. The number of nitriles is 1. The van der Waals surface area contributed by atoms with Crippen LogP contribution < -0.4 is 0 Å². The monoisotopic (exact) mass is 277 g/mol. The molecular formula is C18H19N3. The highest BCUT2D eigenvalue weighted by atomic mass is 15.1. The van der Waals surface area contributed by atoms with Crippen molar-refractivity contribution in [1.82, 2.24) is 10.2 Å². The van der Waals surface area contributed by atoms with E-state index in [-0.39, 0.29) is 5.92 Å². The number of nitrogens with zero attached hydrogens (tertiary/aromatic N) is 2. The fourth-order valence-electron chi connectivity index (χ4n) is 2.60. The Labute approximate surface area is 125 Å². The Morgan fingerprint density at radius 1 is 1.48 bits per heavy atom. The fourth-order valence-corrected chi connectivity index (χ4v) is 2.60. The molecule has 0 saturated carbocycles. The summed E-state index contributed by atoms with van der Waals surface area (Å²) < 4.78 is 0. The van der Waals surface area contributed by atoms with Crippen LogP contribution in [-0.2, 0) is 0 Å². The molecule has 1 aromatic heterocycles. The first-order valence-corrected chi connectivity index (χ1v) is 6.98. The van der Waals surface area contributed by atoms with Crippen LogP contribution in [0.5, 0.6) is 0 Å². The van der Waals surface area contributed by atoms with E-state index in [1.54, 1.807) is 6.08 Å². The summed E-state index contributed by atoms with van der Waals surface area (Å²) in [4.78, 5) is 0. The number of aromatic amines is 1. The minimum atomic E-state index is 0.0516. The van der Waals surface area contributed by atoms with Crippen LogP contribution in [0, 0.1) is 18.3 Å². The lowest BCUT2D eigenvalue weighted by atomic mass is 9.88. The van der Waals surface area contributed by atoms with Crippen molar-refractivity contribution >= 4 is 10.9 Å². The largest absolute Gasteiger partial charge is 0.277 e. The average Bonchev–Trinajstić information content (AvgIpc) is 2.92. The van der Waals surface area contributed by atoms with Gasteiger partial charge in [-0.15, -0.1) is 0 Å². The van der Waals surface area contributed by atoms with Crippen LogP contribution in [0.15, 0.2) is 55.2 Å². The van der Waals surface area contributed by atoms with Crippen LogP contribution in [0.4, 0.5) is 0 Å². The minimum Gasteiger partial charge on any atom is -0.277 e. The number of para-hydroxylation sites is 1. The zero-order valence-corrected chi connectivity index (χ0v) is 12.3. The lowest BCUT2D eigenvalue weighted by molar-refractivity contribution is 0.711. The van der Waals surface area contributed by atoms with E-state index in [0.29, 0.717) is 6.42 Å². The lowest BCUT2D eigenvalue weighted by Gasteiger charge is -2.15. The molecule has 0 aliphatic carbocycles. The van der Waals surface area contributed by atoms with Crippen molar-refractivity contribution in [3.63, 3.8) is 0 Å². The molecule has 0 radical (unpaired) electrons. The summed E-state index contributed by atoms with van der Waals surface area (Å²) in [5.74, 6) is 0.0516. The van der Waals surface area contributed by atoms with Gasteiger partial charge in [0.05, 0.1) is 17.3 Å². The summed E-state index contributed by atoms with van der Waals surface area (Å²) in [6.07, 6.45) is 6.70. The molecule has 1 heterocycles. The second kappa shape index (κ2) is 6.71. The number of hydrogen-bond donors (Lipinski definition) is 1. The van der Waals surface area contributed by atoms with E-state index in [2.05, 4.69) is 48.5 Å². The average molecular weight is 277 g/mol. The topological polar surface area (TPSA) is 52.5 Å². The predicted octanol–water partition coefficient (Wildman–Crippen LogP) is 4.56. The van der Waals surface area contributed by atoms with Crippen LogP contribution in [0.3, 0.4) is 0 Å². The Bertz CT molecular complexity index is 728. The van der Waals surface area contributed by atoms with Crippen LogP contribution in [0.25, 0.3) is 10.9 Å². The highest BCUT2D eigenvalue weighted by Crippen LogP contribution is 2.33. The molecule has 1 aromatic carbocycles. The van der Waals surface area contributed by atoms with Gasteiger partial charge in [-0.05, 0) is 24.5 Å². The van der Waals surface area contributed by atoms with E-state index in [1.165, 1.54) is 0 Å². The summed E-state index contributed by atoms with van der Waals surface area (Å²) in [7, 11) is 0. The molecule has 3 nitrogen and oxygen atoms in total. The second-order valence-electron chi connectivity index (χ2n) is 4.96. The summed E-state index contributed by atoms with van der Waals surface area (Å²) in [5, 5.41) is 17.6. The first-order chi connectivity index (χ1) is 10.2. The summed E-state index contributed by atoms with van der Waals surface area (Å²) in [5.41, 5.74) is 4.22. The van der Waals surface area contributed by atoms with Crippen LogP contribution in [0.2, 0.25) is 0 Å². The Morgan fingerprint density at radius 3 is 2.95 bits per heavy atom. The molecule has 0 amide bonds. The number of nitrogens with one attached hydrogen (secondary N) is 1. The van der Waals surface area contributed by atoms with Gasteiger partial charge in [-0.3, -0.25) is 5.10 Å². The predicted molar refractivity (Wildman–Crippen MR) is 86.9 cm³/mol. The molecule has 0 spiro atoms. The van der Waals surface area contributed by atoms with E-state index >= 15 is 0 Å². The van der Waals surface area contributed by atoms with Gasteiger partial charge in [0.15, 0.2) is 0 Å². The number of benzene rings is 1. The summed E-state index contributed by atoms with van der Waals surface area (Å²) >= 11 is 0. The Kier molecular flexibility index (Phi) is 4.73. The molecule has 0 aliphatic rings. The molecule has 0 aliphatic heterocycles. The third-order valence-electron chi connectivity index (χ3n) is 3.66. The quantitative estimate of drug-likeness (QED) is 0.787. The number of rotatable bonds is 6. The standard InChI is InChI=1S/C18H19N3/c1-4-8-14(5-2)15(11-7-12-19)18-16-10-6-9-13(3)17(16)20-21-18/h4-6,8-10,15H,1-2,7,11H2,3H3,(H,20,21)/b14-8+. The molecule has 0 fully saturated rings. The van der Waals surface area contributed by atoms with Crippen molar-refractivity contribution in [2.45, 2.75) is 25.7 Å². The number of aryl methyl sites for hydroxylation is 1. The third kappa shape index (κ3) is 2.95. The van der Waals surface area contributed by atoms with Gasteiger partial charge < -0.3 is 0 Å². The second-order valence-corrected chi connectivity index (χ2v) is 4.96. The van der Waals surface area contributed by atoms with Gasteiger partial charge >= 0.3 is 0 Å². The molecule has 1 N–H and O–H groups in total. The van der Waals surface area contributed by atoms with Gasteiger partial charge in [0.25, 0.3) is 0 Å². The van der Waals surface area contributed by atoms with E-state index in [4.69, 9.17) is 5.26 Å². The van der Waals surface area contributed by atoms with Crippen LogP contribution >= 0.6 is 0 Å². The molecule has 1 unspecified atom stereocenters. The van der Waals surface area contributed by atoms with E-state index in [9.17, 15) is 0 Å². The van der Waals surface area contributed by atoms with Crippen molar-refractivity contribution in [3.8, 4) is 6.07 Å². The molecule has 2 aromatic rings. The summed E-state index contributed by atoms with van der Waals surface area (Å²) in [6, 6.07) is 8.37. The first kappa shape index (κ1) is 14.8. The maximum Gasteiger partial charge on any atom is 0.0775 e. The number of hydrogen-bond acceptors (Lipinski definition) is 2. The van der Waals surface area contributed by atoms with Crippen molar-refractivity contribution in [3.05, 3.63) is 66.4 Å². The van der Waals surface area contributed by atoms with Crippen LogP contribution in [-0.4, -0.2) is 10.2 Å². The smallest absolute Gasteiger partial charge is 0.0775 e. The Hall–Kier alpha value is -2.60. The molecule has 3 heteroatoms. The van der Waals surface area contributed by atoms with Crippen molar-refractivity contribution in [2.24, 2.45) is 0 Å². The van der Waals surface area contributed by atoms with Gasteiger partial charge in [-0.1, -0.05) is 49.6 Å². The van der Waals surface area contributed by atoms with E-state index in [1.807, 2.05) is 18.2 Å². The maximum absolute atomic E-state index is 8.91. The highest BCUT2D eigenvalue weighted by molar-refractivity contribution is 5.85. The number of aromatic nitrogens is 2. The van der Waals surface area contributed by atoms with E-state index in [0.717, 1.165) is 34.2 Å². The van der Waals surface area contributed by atoms with Gasteiger partial charge in [-0.25, -0.2) is 0 Å². The van der Waals surface area contributed by atoms with Gasteiger partial charge in [0, 0.05) is 17.7 Å². The molecule has 1 atom stereocenters. The Balaban J connectivity index is 2.56. The number of fused-ring (bicyclic) bond motifs is 1. The summed E-state index contributed by atoms with van der Waals surface area (Å²) in [6.45, 7) is 9.69. The number of H-pyrrole nitrogens is 1. The molecule has 0 saturated heterocycles. The third-order valence-corrected chi connectivity index (χ3v) is 3.66. The van der Waals surface area contributed by atoms with Gasteiger partial charge in [0.2, 0.25) is 0 Å². The maximum atomic E-state index is 8.91. The zero-order valence-electron chi connectivity index (χ0n) is 12.3. The molecule has 106 valence electrons. The van der Waals surface area contributed by atoms with Gasteiger partial charge in [-0.2, -0.15) is 10.4 Å². The van der Waals surface area contributed by atoms with Crippen molar-refractivity contribution in [1.29, 1.82) is 5.26 Å². The molecule has 21 heavy (non-hydrogen) atoms. The van der Waals surface area contributed by atoms with Crippen molar-refractivity contribution in [2.75, 3.05) is 0 Å². The SMILES string of the molecule is C=C/C=C(\C=C)C(CCC#N)c1n[nH]c2c(C)cccc12. The minimum absolute atomic E-state index is 0.0516. The Morgan fingerprint density at radius 2 is 2.29 bits per heavy atom. The zero-order chi connectivity index (χ0) is 15.2. The normalized spacial score (nSPS) is 12.9. The molecular weight excluding hydrogens is 258 g/mol. The van der Waals surface area contributed by atoms with Gasteiger partial charge in [0.1, 0.15) is 0 Å². The lowest BCUT2D eigenvalue weighted by Crippen LogP contribution is -2.02. The van der Waals surface area contributed by atoms with Crippen LogP contribution in [0.1, 0.15) is 30.0 Å². The first-order valence-electron chi connectivity index (χ1n) is 6.98. The number of allylic oxidation sites excluding steroid dienone is 4. The fraction of sp³-hybridized carbons (Fsp3) is 0.222. The van der Waals surface area contributed by atoms with E-state index < -0.39 is 0 Å².